The smallest absolute Gasteiger partial charge is 0.416 e. The predicted molar refractivity (Wildman–Crippen MR) is 102 cm³/mol. The fourth-order valence-corrected chi connectivity index (χ4v) is 3.14. The van der Waals surface area contributed by atoms with Crippen LogP contribution in [0.25, 0.3) is 0 Å². The summed E-state index contributed by atoms with van der Waals surface area (Å²) in [6.07, 6.45) is 5.40. The van der Waals surface area contributed by atoms with Gasteiger partial charge in [-0.05, 0) is 57.6 Å². The van der Waals surface area contributed by atoms with E-state index in [9.17, 15) is 9.59 Å². The second kappa shape index (κ2) is 8.52. The molecule has 26 heavy (non-hydrogen) atoms. The van der Waals surface area contributed by atoms with Gasteiger partial charge in [0.15, 0.2) is 0 Å². The van der Waals surface area contributed by atoms with Crippen LogP contribution in [0.2, 0.25) is 0 Å². The third-order valence-corrected chi connectivity index (χ3v) is 4.27. The number of amides is 2. The summed E-state index contributed by atoms with van der Waals surface area (Å²) in [7, 11) is 0. The molecule has 1 fully saturated rings. The lowest BCUT2D eigenvalue weighted by molar-refractivity contribution is -0.121. The van der Waals surface area contributed by atoms with Crippen LogP contribution >= 0.6 is 0 Å². The van der Waals surface area contributed by atoms with E-state index < -0.39 is 11.7 Å². The molecule has 6 nitrogen and oxygen atoms in total. The molecule has 1 aromatic heterocycles. The molecule has 1 aliphatic heterocycles. The van der Waals surface area contributed by atoms with Crippen LogP contribution in [0.3, 0.4) is 0 Å². The van der Waals surface area contributed by atoms with Crippen LogP contribution in [0, 0.1) is 5.92 Å². The Morgan fingerprint density at radius 2 is 2.12 bits per heavy atom. The maximum atomic E-state index is 12.6. The van der Waals surface area contributed by atoms with Crippen molar-refractivity contribution in [3.05, 3.63) is 23.9 Å². The molecule has 0 aliphatic carbocycles. The minimum atomic E-state index is -0.557. The molecule has 0 radical (unpaired) electrons. The number of aromatic nitrogens is 1. The van der Waals surface area contributed by atoms with E-state index in [1.165, 1.54) is 0 Å². The SMILES string of the molecule is CC(C)CN(C(=O)OC(C)(C)C)c1ccc([C@@H]2CCCCN2C=O)cn1. The highest BCUT2D eigenvalue weighted by Crippen LogP contribution is 2.30. The van der Waals surface area contributed by atoms with E-state index in [0.29, 0.717) is 12.4 Å². The van der Waals surface area contributed by atoms with Gasteiger partial charge in [0.05, 0.1) is 6.04 Å². The second-order valence-electron chi connectivity index (χ2n) is 8.29. The summed E-state index contributed by atoms with van der Waals surface area (Å²) in [5.41, 5.74) is 0.452. The quantitative estimate of drug-likeness (QED) is 0.739. The molecular formula is C20H31N3O3. The largest absolute Gasteiger partial charge is 0.443 e. The lowest BCUT2D eigenvalue weighted by Crippen LogP contribution is -2.39. The normalized spacial score (nSPS) is 17.9. The van der Waals surface area contributed by atoms with Crippen molar-refractivity contribution in [2.24, 2.45) is 5.92 Å². The van der Waals surface area contributed by atoms with Crippen LogP contribution in [0.5, 0.6) is 0 Å². The van der Waals surface area contributed by atoms with Crippen LogP contribution in [0.15, 0.2) is 18.3 Å². The number of piperidine rings is 1. The molecule has 1 atom stereocenters. The van der Waals surface area contributed by atoms with Gasteiger partial charge < -0.3 is 9.64 Å². The van der Waals surface area contributed by atoms with Crippen LogP contribution in [0.1, 0.15) is 65.5 Å². The minimum Gasteiger partial charge on any atom is -0.443 e. The Kier molecular flexibility index (Phi) is 6.62. The van der Waals surface area contributed by atoms with Crippen molar-refractivity contribution >= 4 is 18.3 Å². The van der Waals surface area contributed by atoms with E-state index >= 15 is 0 Å². The average molecular weight is 361 g/mol. The second-order valence-corrected chi connectivity index (χ2v) is 8.29. The number of likely N-dealkylation sites (tertiary alicyclic amines) is 1. The highest BCUT2D eigenvalue weighted by atomic mass is 16.6. The first-order chi connectivity index (χ1) is 12.2. The number of rotatable bonds is 5. The van der Waals surface area contributed by atoms with Crippen molar-refractivity contribution in [1.82, 2.24) is 9.88 Å². The minimum absolute atomic E-state index is 0.0721. The lowest BCUT2D eigenvalue weighted by Gasteiger charge is -2.33. The Morgan fingerprint density at radius 3 is 2.65 bits per heavy atom. The van der Waals surface area contributed by atoms with E-state index in [-0.39, 0.29) is 12.0 Å². The number of hydrogen-bond donors (Lipinski definition) is 0. The van der Waals surface area contributed by atoms with Gasteiger partial charge in [0.25, 0.3) is 0 Å². The molecule has 2 heterocycles. The Balaban J connectivity index is 2.21. The molecule has 0 aromatic carbocycles. The van der Waals surface area contributed by atoms with Gasteiger partial charge in [0.1, 0.15) is 11.4 Å². The fourth-order valence-electron chi connectivity index (χ4n) is 3.14. The molecule has 0 unspecified atom stereocenters. The Hall–Kier alpha value is -2.11. The maximum Gasteiger partial charge on any atom is 0.416 e. The number of pyridine rings is 1. The van der Waals surface area contributed by atoms with E-state index in [1.807, 2.05) is 37.8 Å². The molecule has 144 valence electrons. The molecule has 0 bridgehead atoms. The first-order valence-electron chi connectivity index (χ1n) is 9.39. The molecule has 0 spiro atoms. The highest BCUT2D eigenvalue weighted by molar-refractivity contribution is 5.86. The first kappa shape index (κ1) is 20.2. The van der Waals surface area contributed by atoms with E-state index in [4.69, 9.17) is 4.74 Å². The molecule has 2 rings (SSSR count). The van der Waals surface area contributed by atoms with Crippen molar-refractivity contribution in [3.8, 4) is 0 Å². The molecule has 2 amide bonds. The van der Waals surface area contributed by atoms with E-state index in [0.717, 1.165) is 37.8 Å². The topological polar surface area (TPSA) is 62.7 Å². The Labute approximate surface area is 156 Å². The van der Waals surface area contributed by atoms with Gasteiger partial charge in [0.2, 0.25) is 6.41 Å². The number of anilines is 1. The summed E-state index contributed by atoms with van der Waals surface area (Å²) in [5, 5.41) is 0. The molecule has 1 aliphatic rings. The summed E-state index contributed by atoms with van der Waals surface area (Å²) in [4.78, 5) is 31.8. The summed E-state index contributed by atoms with van der Waals surface area (Å²) in [5.74, 6) is 0.859. The van der Waals surface area contributed by atoms with E-state index in [2.05, 4.69) is 18.8 Å². The molecule has 0 N–H and O–H groups in total. The number of carbonyl (C=O) groups excluding carboxylic acids is 2. The monoisotopic (exact) mass is 361 g/mol. The van der Waals surface area contributed by atoms with E-state index in [1.54, 1.807) is 11.1 Å². The summed E-state index contributed by atoms with van der Waals surface area (Å²) in [6, 6.07) is 3.88. The Morgan fingerprint density at radius 1 is 1.38 bits per heavy atom. The van der Waals surface area contributed by atoms with Crippen molar-refractivity contribution in [3.63, 3.8) is 0 Å². The van der Waals surface area contributed by atoms with Gasteiger partial charge in [-0.3, -0.25) is 9.69 Å². The number of nitrogens with zero attached hydrogens (tertiary/aromatic N) is 3. The van der Waals surface area contributed by atoms with Crippen molar-refractivity contribution in [2.45, 2.75) is 65.5 Å². The van der Waals surface area contributed by atoms with Gasteiger partial charge >= 0.3 is 6.09 Å². The maximum absolute atomic E-state index is 12.6. The predicted octanol–water partition coefficient (Wildman–Crippen LogP) is 4.16. The molecule has 1 saturated heterocycles. The zero-order valence-electron chi connectivity index (χ0n) is 16.6. The van der Waals surface area contributed by atoms with Crippen LogP contribution < -0.4 is 4.90 Å². The van der Waals surface area contributed by atoms with Gasteiger partial charge in [-0.25, -0.2) is 9.78 Å². The van der Waals surface area contributed by atoms with Gasteiger partial charge in [-0.1, -0.05) is 19.9 Å². The molecule has 6 heteroatoms. The third kappa shape index (κ3) is 5.44. The summed E-state index contributed by atoms with van der Waals surface area (Å²) in [6.45, 7) is 11.0. The summed E-state index contributed by atoms with van der Waals surface area (Å²) < 4.78 is 5.53. The third-order valence-electron chi connectivity index (χ3n) is 4.27. The Bertz CT molecular complexity index is 608. The number of carbonyl (C=O) groups is 2. The highest BCUT2D eigenvalue weighted by Gasteiger charge is 2.26. The molecule has 0 saturated carbocycles. The first-order valence-corrected chi connectivity index (χ1v) is 9.39. The number of ether oxygens (including phenoxy) is 1. The van der Waals surface area contributed by atoms with Crippen molar-refractivity contribution in [1.29, 1.82) is 0 Å². The average Bonchev–Trinajstić information content (AvgIpc) is 2.58. The number of hydrogen-bond acceptors (Lipinski definition) is 4. The van der Waals surface area contributed by atoms with Crippen LogP contribution in [-0.2, 0) is 9.53 Å². The van der Waals surface area contributed by atoms with Gasteiger partial charge in [0, 0.05) is 19.3 Å². The standard InChI is InChI=1S/C20H31N3O3/c1-15(2)13-23(19(25)26-20(3,4)5)18-10-9-16(12-21-18)17-8-6-7-11-22(17)14-24/h9-10,12,14-15,17H,6-8,11,13H2,1-5H3/t17-/m0/s1. The van der Waals surface area contributed by atoms with Gasteiger partial charge in [-0.2, -0.15) is 0 Å². The molecular weight excluding hydrogens is 330 g/mol. The fraction of sp³-hybridized carbons (Fsp3) is 0.650. The zero-order chi connectivity index (χ0) is 19.3. The lowest BCUT2D eigenvalue weighted by atomic mass is 9.97. The van der Waals surface area contributed by atoms with Crippen molar-refractivity contribution < 1.29 is 14.3 Å². The molecule has 1 aromatic rings. The zero-order valence-corrected chi connectivity index (χ0v) is 16.6. The van der Waals surface area contributed by atoms with Crippen LogP contribution in [-0.4, -0.2) is 41.1 Å². The van der Waals surface area contributed by atoms with Gasteiger partial charge in [-0.15, -0.1) is 0 Å². The van der Waals surface area contributed by atoms with Crippen LogP contribution in [0.4, 0.5) is 10.6 Å². The van der Waals surface area contributed by atoms with Crippen molar-refractivity contribution in [2.75, 3.05) is 18.0 Å². The summed E-state index contributed by atoms with van der Waals surface area (Å²) >= 11 is 0.